The van der Waals surface area contributed by atoms with Crippen LogP contribution in [0, 0.1) is 11.8 Å². The predicted octanol–water partition coefficient (Wildman–Crippen LogP) is 3.87. The molecule has 1 saturated carbocycles. The number of rotatable bonds is 4. The van der Waals surface area contributed by atoms with Gasteiger partial charge in [0.1, 0.15) is 0 Å². The summed E-state index contributed by atoms with van der Waals surface area (Å²) in [6, 6.07) is 8.20. The molecule has 1 aliphatic rings. The van der Waals surface area contributed by atoms with Crippen molar-refractivity contribution in [1.82, 2.24) is 0 Å². The smallest absolute Gasteiger partial charge is 0.165 e. The van der Waals surface area contributed by atoms with E-state index in [2.05, 4.69) is 26.0 Å². The first kappa shape index (κ1) is 11.4. The third kappa shape index (κ3) is 2.52. The van der Waals surface area contributed by atoms with E-state index in [1.807, 2.05) is 12.1 Å². The summed E-state index contributed by atoms with van der Waals surface area (Å²) < 4.78 is 0. The van der Waals surface area contributed by atoms with Gasteiger partial charge in [0.25, 0.3) is 0 Å². The second-order valence-corrected chi connectivity index (χ2v) is 5.29. The van der Waals surface area contributed by atoms with Gasteiger partial charge in [0.2, 0.25) is 0 Å². The molecule has 0 radical (unpaired) electrons. The van der Waals surface area contributed by atoms with Crippen molar-refractivity contribution in [3.8, 4) is 0 Å². The van der Waals surface area contributed by atoms with E-state index in [4.69, 9.17) is 0 Å². The van der Waals surface area contributed by atoms with Crippen molar-refractivity contribution in [3.05, 3.63) is 35.4 Å². The Hall–Kier alpha value is -1.11. The summed E-state index contributed by atoms with van der Waals surface area (Å²) in [5.74, 6) is 1.34. The van der Waals surface area contributed by atoms with Crippen LogP contribution in [-0.2, 0) is 6.42 Å². The van der Waals surface area contributed by atoms with Gasteiger partial charge in [-0.15, -0.1) is 0 Å². The standard InChI is InChI=1S/C15H20O/c1-11(2)10-12-6-8-14(9-7-12)15(16)13-4-3-5-13/h6-9,11,13H,3-5,10H2,1-2H3. The average Bonchev–Trinajstić information content (AvgIpc) is 2.15. The number of Topliss-reactive ketones (excluding diaryl/α,β-unsaturated/α-hetero) is 1. The van der Waals surface area contributed by atoms with Crippen LogP contribution in [0.2, 0.25) is 0 Å². The van der Waals surface area contributed by atoms with E-state index >= 15 is 0 Å². The maximum absolute atomic E-state index is 12.0. The van der Waals surface area contributed by atoms with Crippen molar-refractivity contribution in [3.63, 3.8) is 0 Å². The molecule has 1 fully saturated rings. The molecule has 1 heteroatoms. The second-order valence-electron chi connectivity index (χ2n) is 5.29. The first-order valence-electron chi connectivity index (χ1n) is 6.30. The van der Waals surface area contributed by atoms with Gasteiger partial charge in [-0.2, -0.15) is 0 Å². The van der Waals surface area contributed by atoms with Gasteiger partial charge in [0.05, 0.1) is 0 Å². The Labute approximate surface area is 97.9 Å². The predicted molar refractivity (Wildman–Crippen MR) is 66.7 cm³/mol. The monoisotopic (exact) mass is 216 g/mol. The zero-order valence-electron chi connectivity index (χ0n) is 10.2. The zero-order valence-corrected chi connectivity index (χ0v) is 10.2. The summed E-state index contributed by atoms with van der Waals surface area (Å²) in [4.78, 5) is 12.0. The average molecular weight is 216 g/mol. The van der Waals surface area contributed by atoms with Crippen LogP contribution in [0.3, 0.4) is 0 Å². The van der Waals surface area contributed by atoms with Crippen LogP contribution in [0.5, 0.6) is 0 Å². The van der Waals surface area contributed by atoms with Crippen LogP contribution >= 0.6 is 0 Å². The minimum atomic E-state index is 0.316. The number of benzene rings is 1. The molecule has 0 spiro atoms. The minimum absolute atomic E-state index is 0.316. The van der Waals surface area contributed by atoms with E-state index in [0.717, 1.165) is 24.8 Å². The van der Waals surface area contributed by atoms with Crippen LogP contribution in [0.15, 0.2) is 24.3 Å². The molecule has 0 atom stereocenters. The molecule has 1 aliphatic carbocycles. The number of hydrogen-bond donors (Lipinski definition) is 0. The molecular formula is C15H20O. The lowest BCUT2D eigenvalue weighted by Gasteiger charge is -2.23. The van der Waals surface area contributed by atoms with Crippen molar-refractivity contribution in [2.75, 3.05) is 0 Å². The maximum Gasteiger partial charge on any atom is 0.165 e. The molecule has 0 bridgehead atoms. The van der Waals surface area contributed by atoms with E-state index in [-0.39, 0.29) is 0 Å². The fraction of sp³-hybridized carbons (Fsp3) is 0.533. The van der Waals surface area contributed by atoms with Crippen molar-refractivity contribution in [2.24, 2.45) is 11.8 Å². The number of carbonyl (C=O) groups is 1. The van der Waals surface area contributed by atoms with E-state index in [0.29, 0.717) is 17.6 Å². The number of ketones is 1. The molecule has 0 heterocycles. The molecule has 0 amide bonds. The van der Waals surface area contributed by atoms with Gasteiger partial charge >= 0.3 is 0 Å². The normalized spacial score (nSPS) is 16.2. The highest BCUT2D eigenvalue weighted by Gasteiger charge is 2.25. The van der Waals surface area contributed by atoms with Gasteiger partial charge in [0, 0.05) is 11.5 Å². The summed E-state index contributed by atoms with van der Waals surface area (Å²) in [5, 5.41) is 0. The summed E-state index contributed by atoms with van der Waals surface area (Å²) in [5.41, 5.74) is 2.23. The summed E-state index contributed by atoms with van der Waals surface area (Å²) in [7, 11) is 0. The van der Waals surface area contributed by atoms with Crippen LogP contribution in [0.25, 0.3) is 0 Å². The zero-order chi connectivity index (χ0) is 11.5. The third-order valence-electron chi connectivity index (χ3n) is 3.36. The molecule has 16 heavy (non-hydrogen) atoms. The van der Waals surface area contributed by atoms with Crippen molar-refractivity contribution >= 4 is 5.78 Å². The SMILES string of the molecule is CC(C)Cc1ccc(C(=O)C2CCC2)cc1. The lowest BCUT2D eigenvalue weighted by Crippen LogP contribution is -2.21. The van der Waals surface area contributed by atoms with Gasteiger partial charge in [-0.05, 0) is 30.7 Å². The Morgan fingerprint density at radius 2 is 1.88 bits per heavy atom. The Kier molecular flexibility index (Phi) is 3.42. The largest absolute Gasteiger partial charge is 0.294 e. The Bertz CT molecular complexity index is 358. The molecule has 1 aromatic carbocycles. The Morgan fingerprint density at radius 3 is 2.31 bits per heavy atom. The summed E-state index contributed by atoms with van der Waals surface area (Å²) >= 11 is 0. The Morgan fingerprint density at radius 1 is 1.25 bits per heavy atom. The topological polar surface area (TPSA) is 17.1 Å². The summed E-state index contributed by atoms with van der Waals surface area (Å²) in [6.07, 6.45) is 4.50. The highest BCUT2D eigenvalue weighted by molar-refractivity contribution is 5.98. The molecule has 2 rings (SSSR count). The van der Waals surface area contributed by atoms with Crippen molar-refractivity contribution in [2.45, 2.75) is 39.5 Å². The summed E-state index contributed by atoms with van der Waals surface area (Å²) in [6.45, 7) is 4.43. The molecule has 0 unspecified atom stereocenters. The van der Waals surface area contributed by atoms with Gasteiger partial charge < -0.3 is 0 Å². The minimum Gasteiger partial charge on any atom is -0.294 e. The highest BCUT2D eigenvalue weighted by Crippen LogP contribution is 2.29. The second kappa shape index (κ2) is 4.82. The molecule has 0 aliphatic heterocycles. The molecule has 86 valence electrons. The van der Waals surface area contributed by atoms with Gasteiger partial charge in [-0.1, -0.05) is 44.5 Å². The third-order valence-corrected chi connectivity index (χ3v) is 3.36. The van der Waals surface area contributed by atoms with Crippen LogP contribution in [-0.4, -0.2) is 5.78 Å². The van der Waals surface area contributed by atoms with Gasteiger partial charge in [-0.3, -0.25) is 4.79 Å². The van der Waals surface area contributed by atoms with Crippen LogP contribution < -0.4 is 0 Å². The molecule has 1 aromatic rings. The number of hydrogen-bond acceptors (Lipinski definition) is 1. The molecule has 0 N–H and O–H groups in total. The van der Waals surface area contributed by atoms with Gasteiger partial charge in [-0.25, -0.2) is 0 Å². The first-order chi connectivity index (χ1) is 7.66. The van der Waals surface area contributed by atoms with E-state index in [1.54, 1.807) is 0 Å². The van der Waals surface area contributed by atoms with E-state index in [1.165, 1.54) is 12.0 Å². The Balaban J connectivity index is 2.03. The molecule has 1 nitrogen and oxygen atoms in total. The first-order valence-corrected chi connectivity index (χ1v) is 6.30. The molecule has 0 saturated heterocycles. The fourth-order valence-electron chi connectivity index (χ4n) is 2.18. The molecular weight excluding hydrogens is 196 g/mol. The molecule has 0 aromatic heterocycles. The van der Waals surface area contributed by atoms with Crippen LogP contribution in [0.1, 0.15) is 49.0 Å². The lowest BCUT2D eigenvalue weighted by molar-refractivity contribution is 0.0855. The van der Waals surface area contributed by atoms with E-state index in [9.17, 15) is 4.79 Å². The van der Waals surface area contributed by atoms with Gasteiger partial charge in [0.15, 0.2) is 5.78 Å². The van der Waals surface area contributed by atoms with Crippen molar-refractivity contribution in [1.29, 1.82) is 0 Å². The van der Waals surface area contributed by atoms with E-state index < -0.39 is 0 Å². The highest BCUT2D eigenvalue weighted by atomic mass is 16.1. The fourth-order valence-corrected chi connectivity index (χ4v) is 2.18. The van der Waals surface area contributed by atoms with Crippen molar-refractivity contribution < 1.29 is 4.79 Å². The maximum atomic E-state index is 12.0. The quantitative estimate of drug-likeness (QED) is 0.698. The number of carbonyl (C=O) groups excluding carboxylic acids is 1. The lowest BCUT2D eigenvalue weighted by atomic mass is 9.80. The van der Waals surface area contributed by atoms with Crippen LogP contribution in [0.4, 0.5) is 0 Å².